The van der Waals surface area contributed by atoms with Gasteiger partial charge in [0.1, 0.15) is 0 Å². The van der Waals surface area contributed by atoms with Crippen molar-refractivity contribution in [2.75, 3.05) is 12.3 Å². The highest BCUT2D eigenvalue weighted by Gasteiger charge is 2.19. The summed E-state index contributed by atoms with van der Waals surface area (Å²) in [4.78, 5) is 0.247. The third-order valence-electron chi connectivity index (χ3n) is 3.35. The average molecular weight is 333 g/mol. The van der Waals surface area contributed by atoms with Crippen molar-refractivity contribution >= 4 is 31.6 Å². The average Bonchev–Trinajstić information content (AvgIpc) is 2.25. The Bertz CT molecular complexity index is 527. The molecule has 0 unspecified atom stereocenters. The van der Waals surface area contributed by atoms with E-state index in [2.05, 4.69) is 20.7 Å². The van der Waals surface area contributed by atoms with Crippen molar-refractivity contribution in [1.82, 2.24) is 4.72 Å². The third-order valence-corrected chi connectivity index (χ3v) is 5.50. The number of hydrogen-bond acceptors (Lipinski definition) is 3. The molecule has 0 radical (unpaired) electrons. The predicted octanol–water partition coefficient (Wildman–Crippen LogP) is 2.50. The second kappa shape index (κ2) is 5.59. The van der Waals surface area contributed by atoms with E-state index in [1.165, 1.54) is 31.4 Å². The minimum atomic E-state index is -3.41. The molecular formula is C12H17BrN2O2S. The van der Waals surface area contributed by atoms with Gasteiger partial charge in [0.2, 0.25) is 10.0 Å². The first-order valence-electron chi connectivity index (χ1n) is 6.04. The smallest absolute Gasteiger partial charge is 0.240 e. The molecule has 3 N–H and O–H groups in total. The monoisotopic (exact) mass is 332 g/mol. The quantitative estimate of drug-likeness (QED) is 0.813. The van der Waals surface area contributed by atoms with Gasteiger partial charge in [0.15, 0.2) is 0 Å². The Balaban J connectivity index is 1.98. The maximum atomic E-state index is 12.0. The lowest BCUT2D eigenvalue weighted by atomic mass is 9.83. The molecule has 18 heavy (non-hydrogen) atoms. The zero-order valence-electron chi connectivity index (χ0n) is 10.0. The fourth-order valence-corrected chi connectivity index (χ4v) is 3.54. The summed E-state index contributed by atoms with van der Waals surface area (Å²) in [7, 11) is -3.41. The number of halogens is 1. The van der Waals surface area contributed by atoms with Gasteiger partial charge >= 0.3 is 0 Å². The van der Waals surface area contributed by atoms with Crippen LogP contribution in [0.5, 0.6) is 0 Å². The van der Waals surface area contributed by atoms with Gasteiger partial charge in [0, 0.05) is 16.7 Å². The summed E-state index contributed by atoms with van der Waals surface area (Å²) in [5.41, 5.74) is 6.17. The van der Waals surface area contributed by atoms with Crippen molar-refractivity contribution < 1.29 is 8.42 Å². The number of nitrogens with two attached hydrogens (primary N) is 1. The summed E-state index contributed by atoms with van der Waals surface area (Å²) in [6, 6.07) is 4.64. The topological polar surface area (TPSA) is 72.2 Å². The molecule has 1 fully saturated rings. The first-order chi connectivity index (χ1) is 8.49. The van der Waals surface area contributed by atoms with Gasteiger partial charge in [-0.05, 0) is 46.5 Å². The molecule has 1 aromatic rings. The van der Waals surface area contributed by atoms with Crippen LogP contribution < -0.4 is 10.5 Å². The third kappa shape index (κ3) is 3.24. The normalized spacial score (nSPS) is 16.5. The van der Waals surface area contributed by atoms with E-state index >= 15 is 0 Å². The molecule has 0 amide bonds. The molecular weight excluding hydrogens is 316 g/mol. The molecule has 1 saturated carbocycles. The molecule has 4 nitrogen and oxygen atoms in total. The fraction of sp³-hybridized carbons (Fsp3) is 0.500. The first kappa shape index (κ1) is 13.8. The van der Waals surface area contributed by atoms with Crippen LogP contribution in [-0.4, -0.2) is 15.0 Å². The van der Waals surface area contributed by atoms with E-state index in [0.29, 0.717) is 22.6 Å². The summed E-state index contributed by atoms with van der Waals surface area (Å²) in [6.07, 6.45) is 4.67. The Morgan fingerprint density at radius 1 is 1.39 bits per heavy atom. The van der Waals surface area contributed by atoms with Gasteiger partial charge in [-0.2, -0.15) is 0 Å². The van der Waals surface area contributed by atoms with Gasteiger partial charge in [0.25, 0.3) is 0 Å². The zero-order chi connectivity index (χ0) is 13.2. The van der Waals surface area contributed by atoms with Crippen LogP contribution in [0.25, 0.3) is 0 Å². The van der Waals surface area contributed by atoms with Crippen LogP contribution in [0.4, 0.5) is 5.69 Å². The Morgan fingerprint density at radius 3 is 2.67 bits per heavy atom. The summed E-state index contributed by atoms with van der Waals surface area (Å²) in [5.74, 6) is 0.700. The summed E-state index contributed by atoms with van der Waals surface area (Å²) < 4.78 is 27.3. The van der Waals surface area contributed by atoms with Gasteiger partial charge in [-0.3, -0.25) is 0 Å². The van der Waals surface area contributed by atoms with Crippen LogP contribution in [0.15, 0.2) is 27.6 Å². The molecule has 0 saturated heterocycles. The van der Waals surface area contributed by atoms with Crippen molar-refractivity contribution in [1.29, 1.82) is 0 Å². The van der Waals surface area contributed by atoms with Crippen molar-refractivity contribution in [3.05, 3.63) is 22.7 Å². The standard InChI is InChI=1S/C12H17BrN2O2S/c13-11-8-10(4-5-12(11)14)18(16,17)15-7-6-9-2-1-3-9/h4-5,8-9,15H,1-3,6-7,14H2. The van der Waals surface area contributed by atoms with E-state index in [0.717, 1.165) is 6.42 Å². The molecule has 0 aromatic heterocycles. The first-order valence-corrected chi connectivity index (χ1v) is 8.31. The van der Waals surface area contributed by atoms with Gasteiger partial charge in [0.05, 0.1) is 4.90 Å². The molecule has 0 aliphatic heterocycles. The van der Waals surface area contributed by atoms with E-state index < -0.39 is 10.0 Å². The van der Waals surface area contributed by atoms with Crippen LogP contribution in [0.3, 0.4) is 0 Å². The van der Waals surface area contributed by atoms with Crippen LogP contribution in [0.2, 0.25) is 0 Å². The second-order valence-electron chi connectivity index (χ2n) is 4.67. The largest absolute Gasteiger partial charge is 0.398 e. The Hall–Kier alpha value is -0.590. The van der Waals surface area contributed by atoms with Crippen molar-refractivity contribution in [2.45, 2.75) is 30.6 Å². The highest BCUT2D eigenvalue weighted by molar-refractivity contribution is 9.10. The molecule has 0 heterocycles. The van der Waals surface area contributed by atoms with Gasteiger partial charge in [-0.25, -0.2) is 13.1 Å². The minimum Gasteiger partial charge on any atom is -0.398 e. The number of rotatable bonds is 5. The minimum absolute atomic E-state index is 0.247. The molecule has 1 aliphatic carbocycles. The molecule has 1 aliphatic rings. The second-order valence-corrected chi connectivity index (χ2v) is 7.29. The number of nitrogen functional groups attached to an aromatic ring is 1. The number of sulfonamides is 1. The van der Waals surface area contributed by atoms with Crippen LogP contribution in [-0.2, 0) is 10.0 Å². The Labute approximate surface area is 116 Å². The van der Waals surface area contributed by atoms with Crippen LogP contribution >= 0.6 is 15.9 Å². The number of benzene rings is 1. The van der Waals surface area contributed by atoms with Gasteiger partial charge in [-0.15, -0.1) is 0 Å². The maximum absolute atomic E-state index is 12.0. The summed E-state index contributed by atoms with van der Waals surface area (Å²) in [5, 5.41) is 0. The molecule has 100 valence electrons. The lowest BCUT2D eigenvalue weighted by Gasteiger charge is -2.25. The summed E-state index contributed by atoms with van der Waals surface area (Å²) >= 11 is 3.23. The van der Waals surface area contributed by atoms with Gasteiger partial charge < -0.3 is 5.73 Å². The molecule has 0 spiro atoms. The van der Waals surface area contributed by atoms with Crippen molar-refractivity contribution in [3.8, 4) is 0 Å². The predicted molar refractivity (Wildman–Crippen MR) is 75.7 cm³/mol. The Kier molecular flexibility index (Phi) is 4.29. The lowest BCUT2D eigenvalue weighted by Crippen LogP contribution is -2.27. The van der Waals surface area contributed by atoms with Crippen LogP contribution in [0, 0.1) is 5.92 Å². The van der Waals surface area contributed by atoms with Crippen molar-refractivity contribution in [2.24, 2.45) is 5.92 Å². The highest BCUT2D eigenvalue weighted by Crippen LogP contribution is 2.29. The summed E-state index contributed by atoms with van der Waals surface area (Å²) in [6.45, 7) is 0.509. The van der Waals surface area contributed by atoms with Gasteiger partial charge in [-0.1, -0.05) is 19.3 Å². The SMILES string of the molecule is Nc1ccc(S(=O)(=O)NCCC2CCC2)cc1Br. The van der Waals surface area contributed by atoms with E-state index in [-0.39, 0.29) is 4.90 Å². The van der Waals surface area contributed by atoms with E-state index in [1.54, 1.807) is 6.07 Å². The van der Waals surface area contributed by atoms with E-state index in [4.69, 9.17) is 5.73 Å². The number of anilines is 1. The molecule has 2 rings (SSSR count). The molecule has 0 atom stereocenters. The van der Waals surface area contributed by atoms with Crippen LogP contribution in [0.1, 0.15) is 25.7 Å². The Morgan fingerprint density at radius 2 is 2.11 bits per heavy atom. The van der Waals surface area contributed by atoms with E-state index in [9.17, 15) is 8.42 Å². The van der Waals surface area contributed by atoms with Crippen molar-refractivity contribution in [3.63, 3.8) is 0 Å². The van der Waals surface area contributed by atoms with E-state index in [1.807, 2.05) is 0 Å². The highest BCUT2D eigenvalue weighted by atomic mass is 79.9. The fourth-order valence-electron chi connectivity index (χ4n) is 1.94. The number of hydrogen-bond donors (Lipinski definition) is 2. The number of nitrogens with one attached hydrogen (secondary N) is 1. The molecule has 6 heteroatoms. The zero-order valence-corrected chi connectivity index (χ0v) is 12.4. The molecule has 0 bridgehead atoms. The lowest BCUT2D eigenvalue weighted by molar-refractivity contribution is 0.297. The molecule has 1 aromatic carbocycles. The maximum Gasteiger partial charge on any atom is 0.240 e.